The van der Waals surface area contributed by atoms with Crippen LogP contribution in [0.25, 0.3) is 6.08 Å². The smallest absolute Gasteiger partial charge is 0.335 e. The van der Waals surface area contributed by atoms with Gasteiger partial charge in [0, 0.05) is 0 Å². The monoisotopic (exact) mass is 606 g/mol. The number of nitrogens with one attached hydrogen (secondary N) is 1. The van der Waals surface area contributed by atoms with Crippen LogP contribution in [-0.4, -0.2) is 31.7 Å². The summed E-state index contributed by atoms with van der Waals surface area (Å²) in [7, 11) is 1.52. The van der Waals surface area contributed by atoms with Crippen molar-refractivity contribution < 1.29 is 33.3 Å². The maximum absolute atomic E-state index is 13.6. The lowest BCUT2D eigenvalue weighted by molar-refractivity contribution is -0.122. The van der Waals surface area contributed by atoms with Gasteiger partial charge < -0.3 is 18.9 Å². The van der Waals surface area contributed by atoms with Gasteiger partial charge in [-0.3, -0.25) is 14.9 Å². The Morgan fingerprint density at radius 1 is 0.867 bits per heavy atom. The van der Waals surface area contributed by atoms with E-state index in [-0.39, 0.29) is 24.4 Å². The molecule has 9 heteroatoms. The minimum atomic E-state index is -0.755. The molecule has 5 fully saturated rings. The number of rotatable bonds is 7. The number of hydrogen-bond acceptors (Lipinski definition) is 7. The van der Waals surface area contributed by atoms with Gasteiger partial charge >= 0.3 is 6.03 Å². The quantitative estimate of drug-likeness (QED) is 0.255. The van der Waals surface area contributed by atoms with E-state index in [1.807, 2.05) is 30.3 Å². The van der Waals surface area contributed by atoms with Crippen LogP contribution in [0.2, 0.25) is 0 Å². The fourth-order valence-electron chi connectivity index (χ4n) is 8.57. The highest BCUT2D eigenvalue weighted by Crippen LogP contribution is 2.60. The third-order valence-corrected chi connectivity index (χ3v) is 10.2. The zero-order valence-corrected chi connectivity index (χ0v) is 25.0. The molecule has 1 N–H and O–H groups in total. The van der Waals surface area contributed by atoms with Gasteiger partial charge in [-0.2, -0.15) is 0 Å². The third-order valence-electron chi connectivity index (χ3n) is 10.2. The normalized spacial score (nSPS) is 27.2. The van der Waals surface area contributed by atoms with Crippen molar-refractivity contribution in [2.75, 3.05) is 18.8 Å². The van der Waals surface area contributed by atoms with Gasteiger partial charge in [-0.05, 0) is 121 Å². The summed E-state index contributed by atoms with van der Waals surface area (Å²) in [5.74, 6) is 3.34. The van der Waals surface area contributed by atoms with Crippen molar-refractivity contribution in [2.24, 2.45) is 17.8 Å². The summed E-state index contributed by atoms with van der Waals surface area (Å²) in [4.78, 5) is 40.4. The molecule has 3 aromatic carbocycles. The highest BCUT2D eigenvalue weighted by molar-refractivity contribution is 6.39. The van der Waals surface area contributed by atoms with E-state index in [2.05, 4.69) is 17.4 Å². The summed E-state index contributed by atoms with van der Waals surface area (Å²) in [6.07, 6.45) is 9.26. The summed E-state index contributed by atoms with van der Waals surface area (Å²) in [6, 6.07) is 17.8. The summed E-state index contributed by atoms with van der Waals surface area (Å²) < 4.78 is 22.3. The second-order valence-electron chi connectivity index (χ2n) is 13.1. The van der Waals surface area contributed by atoms with Crippen LogP contribution in [0.1, 0.15) is 55.2 Å². The molecule has 2 aliphatic heterocycles. The third kappa shape index (κ3) is 4.90. The van der Waals surface area contributed by atoms with Crippen molar-refractivity contribution in [3.63, 3.8) is 0 Å². The summed E-state index contributed by atoms with van der Waals surface area (Å²) in [5.41, 5.74) is 3.25. The fraction of sp³-hybridized carbons (Fsp3) is 0.361. The number of hydrogen-bond donors (Lipinski definition) is 1. The Labute approximate surface area is 261 Å². The van der Waals surface area contributed by atoms with Gasteiger partial charge in [0.1, 0.15) is 12.2 Å². The minimum absolute atomic E-state index is 0.143. The number of benzene rings is 3. The molecule has 4 aliphatic carbocycles. The van der Waals surface area contributed by atoms with Crippen molar-refractivity contribution in [2.45, 2.75) is 50.5 Å². The van der Waals surface area contributed by atoms with Gasteiger partial charge in [0.15, 0.2) is 23.0 Å². The Kier molecular flexibility index (Phi) is 6.58. The highest BCUT2D eigenvalue weighted by atomic mass is 16.7. The van der Waals surface area contributed by atoms with Gasteiger partial charge in [-0.15, -0.1) is 0 Å². The van der Waals surface area contributed by atoms with Gasteiger partial charge in [-0.1, -0.05) is 24.3 Å². The van der Waals surface area contributed by atoms with Gasteiger partial charge in [0.25, 0.3) is 11.8 Å². The number of barbiturate groups is 1. The van der Waals surface area contributed by atoms with Gasteiger partial charge in [-0.25, -0.2) is 9.69 Å². The molecule has 2 heterocycles. The Bertz CT molecular complexity index is 1710. The molecule has 230 valence electrons. The van der Waals surface area contributed by atoms with Crippen LogP contribution in [-0.2, 0) is 21.6 Å². The molecular weight excluding hydrogens is 572 g/mol. The number of fused-ring (bicyclic) bond motifs is 1. The Balaban J connectivity index is 1.01. The number of methoxy groups -OCH3 is 1. The maximum atomic E-state index is 13.6. The fourth-order valence-corrected chi connectivity index (χ4v) is 8.57. The van der Waals surface area contributed by atoms with Gasteiger partial charge in [0.05, 0.1) is 12.8 Å². The maximum Gasteiger partial charge on any atom is 0.335 e. The van der Waals surface area contributed by atoms with Crippen LogP contribution in [0.5, 0.6) is 23.0 Å². The summed E-state index contributed by atoms with van der Waals surface area (Å²) >= 11 is 0. The molecule has 4 bridgehead atoms. The Morgan fingerprint density at radius 3 is 2.29 bits per heavy atom. The molecule has 9 nitrogen and oxygen atoms in total. The van der Waals surface area contributed by atoms with Crippen LogP contribution in [0, 0.1) is 17.8 Å². The lowest BCUT2D eigenvalue weighted by atomic mass is 9.48. The van der Waals surface area contributed by atoms with Crippen molar-refractivity contribution >= 4 is 29.6 Å². The molecule has 1 saturated heterocycles. The first-order valence-corrected chi connectivity index (χ1v) is 15.6. The van der Waals surface area contributed by atoms with Crippen molar-refractivity contribution in [3.8, 4) is 23.0 Å². The van der Waals surface area contributed by atoms with Crippen LogP contribution in [0.4, 0.5) is 10.5 Å². The molecular formula is C36H34N2O7. The molecule has 4 amide bonds. The SMILES string of the molecule is COc1cc(/C=C2\C(=O)NC(=O)N(c3ccc(C45CC6CC(CC(C6)C4)C5)cc3)C2=O)ccc1OCc1ccc2c(c1)OCO2. The average Bonchev–Trinajstić information content (AvgIpc) is 3.50. The van der Waals surface area contributed by atoms with E-state index in [9.17, 15) is 14.4 Å². The minimum Gasteiger partial charge on any atom is -0.493 e. The first-order valence-electron chi connectivity index (χ1n) is 15.6. The summed E-state index contributed by atoms with van der Waals surface area (Å²) in [5, 5.41) is 2.33. The molecule has 0 unspecified atom stereocenters. The number of anilines is 1. The molecule has 0 spiro atoms. The van der Waals surface area contributed by atoms with E-state index in [0.29, 0.717) is 34.2 Å². The lowest BCUT2D eigenvalue weighted by Gasteiger charge is -2.57. The number of urea groups is 1. The topological polar surface area (TPSA) is 103 Å². The second kappa shape index (κ2) is 10.7. The number of imide groups is 2. The van der Waals surface area contributed by atoms with Crippen molar-refractivity contribution in [1.29, 1.82) is 0 Å². The van der Waals surface area contributed by atoms with Crippen molar-refractivity contribution in [1.82, 2.24) is 5.32 Å². The van der Waals surface area contributed by atoms with E-state index >= 15 is 0 Å². The summed E-state index contributed by atoms with van der Waals surface area (Å²) in [6.45, 7) is 0.470. The highest BCUT2D eigenvalue weighted by Gasteiger charge is 2.51. The first-order chi connectivity index (χ1) is 21.9. The van der Waals surface area contributed by atoms with Gasteiger partial charge in [0.2, 0.25) is 6.79 Å². The van der Waals surface area contributed by atoms with E-state index in [4.69, 9.17) is 18.9 Å². The second-order valence-corrected chi connectivity index (χ2v) is 13.1. The number of carbonyl (C=O) groups is 3. The molecule has 9 rings (SSSR count). The Hall–Kier alpha value is -4.79. The number of nitrogens with zero attached hydrogens (tertiary/aromatic N) is 1. The Morgan fingerprint density at radius 2 is 1.58 bits per heavy atom. The van der Waals surface area contributed by atoms with E-state index in [1.165, 1.54) is 57.3 Å². The number of ether oxygens (including phenoxy) is 4. The molecule has 4 saturated carbocycles. The zero-order chi connectivity index (χ0) is 30.7. The predicted molar refractivity (Wildman–Crippen MR) is 165 cm³/mol. The van der Waals surface area contributed by atoms with E-state index in [1.54, 1.807) is 18.2 Å². The molecule has 3 aromatic rings. The molecule has 0 radical (unpaired) electrons. The zero-order valence-electron chi connectivity index (χ0n) is 25.0. The first kappa shape index (κ1) is 27.7. The standard InChI is InChI=1S/C36H34N2O7/c1-42-31-14-21(2-8-29(31)43-19-22-3-9-30-32(15-22)45-20-44-30)13-28-33(39)37-35(41)38(34(28)40)27-6-4-26(5-7-27)36-16-23-10-24(17-36)12-25(11-23)18-36/h2-9,13-15,23-25H,10-12,16-20H2,1H3,(H,37,39,41)/b28-13+. The van der Waals surface area contributed by atoms with Crippen molar-refractivity contribution in [3.05, 3.63) is 82.9 Å². The molecule has 6 aliphatic rings. The van der Waals surface area contributed by atoms with Crippen LogP contribution in [0.15, 0.2) is 66.2 Å². The molecule has 45 heavy (non-hydrogen) atoms. The van der Waals surface area contributed by atoms with Crippen LogP contribution >= 0.6 is 0 Å². The van der Waals surface area contributed by atoms with Crippen LogP contribution in [0.3, 0.4) is 0 Å². The van der Waals surface area contributed by atoms with Crippen LogP contribution < -0.4 is 29.2 Å². The average molecular weight is 607 g/mol. The number of carbonyl (C=O) groups excluding carboxylic acids is 3. The van der Waals surface area contributed by atoms with E-state index < -0.39 is 17.8 Å². The predicted octanol–water partition coefficient (Wildman–Crippen LogP) is 6.14. The largest absolute Gasteiger partial charge is 0.493 e. The molecule has 0 aromatic heterocycles. The number of amides is 4. The lowest BCUT2D eigenvalue weighted by Crippen LogP contribution is -2.54. The molecule has 0 atom stereocenters. The van der Waals surface area contributed by atoms with E-state index in [0.717, 1.165) is 28.2 Å².